The third-order valence-electron chi connectivity index (χ3n) is 2.68. The summed E-state index contributed by atoms with van der Waals surface area (Å²) in [6, 6.07) is 4.82. The van der Waals surface area contributed by atoms with E-state index in [9.17, 15) is 9.90 Å². The molecule has 5 nitrogen and oxygen atoms in total. The van der Waals surface area contributed by atoms with Crippen LogP contribution >= 0.6 is 0 Å². The highest BCUT2D eigenvalue weighted by Gasteiger charge is 2.23. The van der Waals surface area contributed by atoms with E-state index in [0.29, 0.717) is 13.2 Å². The number of phenolic OH excluding ortho intramolecular Hbond substituents is 1. The Morgan fingerprint density at radius 2 is 2.29 bits per heavy atom. The smallest absolute Gasteiger partial charge is 0.281 e. The van der Waals surface area contributed by atoms with E-state index >= 15 is 0 Å². The van der Waals surface area contributed by atoms with Crippen molar-refractivity contribution in [3.63, 3.8) is 0 Å². The number of methoxy groups -OCH3 is 1. The molecule has 0 aromatic heterocycles. The molecule has 0 bridgehead atoms. The monoisotopic (exact) mass is 237 g/mol. The Bertz CT molecular complexity index is 413. The molecule has 1 saturated heterocycles. The lowest BCUT2D eigenvalue weighted by Crippen LogP contribution is -2.35. The predicted octanol–water partition coefficient (Wildman–Crippen LogP) is 1.57. The lowest BCUT2D eigenvalue weighted by Gasteiger charge is -2.26. The van der Waals surface area contributed by atoms with Gasteiger partial charge in [0, 0.05) is 6.54 Å². The third-order valence-corrected chi connectivity index (χ3v) is 2.68. The van der Waals surface area contributed by atoms with Crippen LogP contribution in [0.5, 0.6) is 11.5 Å². The number of carbonyl (C=O) groups is 1. The number of amides is 1. The fourth-order valence-electron chi connectivity index (χ4n) is 1.75. The maximum atomic E-state index is 12.1. The molecule has 5 heteroatoms. The molecular weight excluding hydrogens is 222 g/mol. The fraction of sp³-hybridized carbons (Fsp3) is 0.417. The number of phenols is 1. The van der Waals surface area contributed by atoms with Crippen molar-refractivity contribution in [3.8, 4) is 11.5 Å². The summed E-state index contributed by atoms with van der Waals surface area (Å²) < 4.78 is 4.96. The molecule has 0 atom stereocenters. The van der Waals surface area contributed by atoms with E-state index in [4.69, 9.17) is 9.57 Å². The molecule has 0 saturated carbocycles. The van der Waals surface area contributed by atoms with E-state index in [2.05, 4.69) is 0 Å². The summed E-state index contributed by atoms with van der Waals surface area (Å²) in [5.41, 5.74) is 0.200. The van der Waals surface area contributed by atoms with Gasteiger partial charge in [0.2, 0.25) is 0 Å². The van der Waals surface area contributed by atoms with Crippen molar-refractivity contribution >= 4 is 5.91 Å². The van der Waals surface area contributed by atoms with Gasteiger partial charge in [0.15, 0.2) is 11.5 Å². The van der Waals surface area contributed by atoms with E-state index in [1.165, 1.54) is 12.2 Å². The van der Waals surface area contributed by atoms with Gasteiger partial charge in [-0.05, 0) is 25.0 Å². The Kier molecular flexibility index (Phi) is 3.49. The van der Waals surface area contributed by atoms with Crippen LogP contribution in [0.1, 0.15) is 23.2 Å². The van der Waals surface area contributed by atoms with Crippen LogP contribution in [-0.4, -0.2) is 36.3 Å². The zero-order valence-electron chi connectivity index (χ0n) is 9.68. The molecule has 0 aliphatic carbocycles. The molecule has 92 valence electrons. The maximum Gasteiger partial charge on any atom is 0.281 e. The van der Waals surface area contributed by atoms with Gasteiger partial charge in [0.25, 0.3) is 5.91 Å². The summed E-state index contributed by atoms with van der Waals surface area (Å²) in [5.74, 6) is -0.192. The van der Waals surface area contributed by atoms with Crippen LogP contribution in [0.2, 0.25) is 0 Å². The molecule has 0 spiro atoms. The summed E-state index contributed by atoms with van der Waals surface area (Å²) in [6.07, 6.45) is 1.87. The minimum atomic E-state index is -0.332. The van der Waals surface area contributed by atoms with Crippen LogP contribution < -0.4 is 4.74 Å². The Balaban J connectivity index is 2.23. The predicted molar refractivity (Wildman–Crippen MR) is 60.9 cm³/mol. The molecule has 1 aliphatic rings. The van der Waals surface area contributed by atoms with Crippen molar-refractivity contribution in [1.29, 1.82) is 0 Å². The zero-order valence-corrected chi connectivity index (χ0v) is 9.68. The zero-order chi connectivity index (χ0) is 12.3. The molecule has 17 heavy (non-hydrogen) atoms. The number of hydrogen-bond donors (Lipinski definition) is 1. The van der Waals surface area contributed by atoms with Gasteiger partial charge in [0.05, 0.1) is 19.3 Å². The van der Waals surface area contributed by atoms with E-state index in [1.807, 2.05) is 0 Å². The first-order valence-corrected chi connectivity index (χ1v) is 5.55. The average molecular weight is 237 g/mol. The van der Waals surface area contributed by atoms with Crippen LogP contribution in [-0.2, 0) is 4.84 Å². The highest BCUT2D eigenvalue weighted by Crippen LogP contribution is 2.30. The van der Waals surface area contributed by atoms with Crippen LogP contribution in [0, 0.1) is 0 Å². The largest absolute Gasteiger partial charge is 0.504 e. The summed E-state index contributed by atoms with van der Waals surface area (Å²) in [5, 5.41) is 11.2. The SMILES string of the molecule is COc1cccc(C(=O)N2CCCCO2)c1O. The van der Waals surface area contributed by atoms with Gasteiger partial charge in [0.1, 0.15) is 0 Å². The van der Waals surface area contributed by atoms with Crippen LogP contribution in [0.4, 0.5) is 0 Å². The number of ether oxygens (including phenoxy) is 1. The number of hydroxylamine groups is 2. The third kappa shape index (κ3) is 2.34. The number of nitrogens with zero attached hydrogens (tertiary/aromatic N) is 1. The first-order chi connectivity index (χ1) is 8.24. The Morgan fingerprint density at radius 3 is 2.94 bits per heavy atom. The average Bonchev–Trinajstić information content (AvgIpc) is 2.39. The minimum Gasteiger partial charge on any atom is -0.504 e. The standard InChI is InChI=1S/C12H15NO4/c1-16-10-6-4-5-9(11(10)14)12(15)13-7-2-3-8-17-13/h4-6,14H,2-3,7-8H2,1H3. The van der Waals surface area contributed by atoms with E-state index in [0.717, 1.165) is 12.8 Å². The van der Waals surface area contributed by atoms with Crippen molar-refractivity contribution in [2.75, 3.05) is 20.3 Å². The Labute approximate surface area is 99.5 Å². The van der Waals surface area contributed by atoms with Gasteiger partial charge in [-0.3, -0.25) is 9.63 Å². The van der Waals surface area contributed by atoms with Gasteiger partial charge in [-0.25, -0.2) is 5.06 Å². The number of rotatable bonds is 2. The summed E-state index contributed by atoms with van der Waals surface area (Å²) in [7, 11) is 1.45. The van der Waals surface area contributed by atoms with Crippen molar-refractivity contribution in [3.05, 3.63) is 23.8 Å². The van der Waals surface area contributed by atoms with E-state index in [1.54, 1.807) is 18.2 Å². The van der Waals surface area contributed by atoms with Crippen LogP contribution in [0.15, 0.2) is 18.2 Å². The van der Waals surface area contributed by atoms with Gasteiger partial charge >= 0.3 is 0 Å². The normalized spacial score (nSPS) is 15.7. The number of aromatic hydroxyl groups is 1. The molecule has 1 aromatic rings. The van der Waals surface area contributed by atoms with E-state index in [-0.39, 0.29) is 23.0 Å². The van der Waals surface area contributed by atoms with Gasteiger partial charge in [-0.1, -0.05) is 6.07 Å². The topological polar surface area (TPSA) is 59.0 Å². The molecule has 1 N–H and O–H groups in total. The molecule has 1 amide bonds. The molecule has 1 heterocycles. The molecule has 1 aromatic carbocycles. The first kappa shape index (κ1) is 11.7. The minimum absolute atomic E-state index is 0.144. The molecule has 2 rings (SSSR count). The number of carbonyl (C=O) groups excluding carboxylic acids is 1. The van der Waals surface area contributed by atoms with Gasteiger partial charge < -0.3 is 9.84 Å². The Hall–Kier alpha value is -1.75. The summed E-state index contributed by atoms with van der Waals surface area (Å²) in [4.78, 5) is 17.3. The van der Waals surface area contributed by atoms with Crippen molar-refractivity contribution in [2.24, 2.45) is 0 Å². The highest BCUT2D eigenvalue weighted by molar-refractivity contribution is 5.97. The molecule has 0 radical (unpaired) electrons. The van der Waals surface area contributed by atoms with Gasteiger partial charge in [-0.15, -0.1) is 0 Å². The van der Waals surface area contributed by atoms with Crippen molar-refractivity contribution in [2.45, 2.75) is 12.8 Å². The maximum absolute atomic E-state index is 12.1. The Morgan fingerprint density at radius 1 is 1.47 bits per heavy atom. The quantitative estimate of drug-likeness (QED) is 0.848. The van der Waals surface area contributed by atoms with Crippen molar-refractivity contribution < 1.29 is 19.5 Å². The van der Waals surface area contributed by atoms with Crippen molar-refractivity contribution in [1.82, 2.24) is 5.06 Å². The summed E-state index contributed by atoms with van der Waals surface area (Å²) >= 11 is 0. The second kappa shape index (κ2) is 5.05. The fourth-order valence-corrected chi connectivity index (χ4v) is 1.75. The van der Waals surface area contributed by atoms with Crippen LogP contribution in [0.25, 0.3) is 0 Å². The summed E-state index contributed by atoms with van der Waals surface area (Å²) in [6.45, 7) is 1.09. The highest BCUT2D eigenvalue weighted by atomic mass is 16.7. The molecular formula is C12H15NO4. The number of benzene rings is 1. The second-order valence-corrected chi connectivity index (χ2v) is 3.80. The lowest BCUT2D eigenvalue weighted by molar-refractivity contribution is -0.144. The molecule has 0 unspecified atom stereocenters. The first-order valence-electron chi connectivity index (χ1n) is 5.55. The molecule has 1 fully saturated rings. The second-order valence-electron chi connectivity index (χ2n) is 3.80. The van der Waals surface area contributed by atoms with Gasteiger partial charge in [-0.2, -0.15) is 0 Å². The van der Waals surface area contributed by atoms with E-state index < -0.39 is 0 Å². The van der Waals surface area contributed by atoms with Crippen LogP contribution in [0.3, 0.4) is 0 Å². The number of para-hydroxylation sites is 1. The molecule has 1 aliphatic heterocycles. The lowest BCUT2D eigenvalue weighted by atomic mass is 10.1. The number of hydrogen-bond acceptors (Lipinski definition) is 4.